The number of fused-ring (bicyclic) bond motifs is 5. The van der Waals surface area contributed by atoms with Gasteiger partial charge in [-0.25, -0.2) is 0 Å². The van der Waals surface area contributed by atoms with E-state index in [1.165, 1.54) is 11.1 Å². The quantitative estimate of drug-likeness (QED) is 0.804. The van der Waals surface area contributed by atoms with Gasteiger partial charge in [-0.1, -0.05) is 6.07 Å². The average Bonchev–Trinajstić information content (AvgIpc) is 3.00. The number of aliphatic hydroxyl groups is 1. The number of carbonyl (C=O) groups is 1. The minimum atomic E-state index is -0.174. The van der Waals surface area contributed by atoms with E-state index in [0.717, 1.165) is 38.5 Å². The molecule has 3 aliphatic rings. The number of aromatic hydroxyl groups is 1. The molecule has 26 heavy (non-hydrogen) atoms. The van der Waals surface area contributed by atoms with Crippen molar-refractivity contribution in [2.45, 2.75) is 63.9 Å². The summed E-state index contributed by atoms with van der Waals surface area (Å²) in [7, 11) is 0. The zero-order chi connectivity index (χ0) is 18.3. The van der Waals surface area contributed by atoms with E-state index in [0.29, 0.717) is 48.4 Å². The normalized spacial score (nSPS) is 35.3. The third-order valence-electron chi connectivity index (χ3n) is 7.19. The molecule has 0 saturated heterocycles. The zero-order valence-corrected chi connectivity index (χ0v) is 15.6. The first-order chi connectivity index (χ1) is 12.6. The topological polar surface area (TPSA) is 66.8 Å². The number of carbonyl (C=O) groups excluding carboxylic acids is 1. The lowest BCUT2D eigenvalue weighted by molar-refractivity contribution is -0.143. The van der Waals surface area contributed by atoms with Crippen LogP contribution in [-0.4, -0.2) is 28.9 Å². The molecule has 0 aromatic heterocycles. The van der Waals surface area contributed by atoms with Crippen LogP contribution in [0.5, 0.6) is 5.75 Å². The Labute approximate surface area is 155 Å². The van der Waals surface area contributed by atoms with Gasteiger partial charge in [0.25, 0.3) is 0 Å². The van der Waals surface area contributed by atoms with Crippen molar-refractivity contribution in [3.63, 3.8) is 0 Å². The fraction of sp³-hybridized carbons (Fsp3) is 0.682. The number of esters is 1. The molecular weight excluding hydrogens is 328 g/mol. The second kappa shape index (κ2) is 7.22. The van der Waals surface area contributed by atoms with Crippen molar-refractivity contribution in [1.29, 1.82) is 0 Å². The second-order valence-electron chi connectivity index (χ2n) is 8.42. The van der Waals surface area contributed by atoms with Crippen LogP contribution in [0, 0.1) is 23.7 Å². The molecule has 4 nitrogen and oxygen atoms in total. The molecule has 4 unspecified atom stereocenters. The number of aryl methyl sites for hydroxylation is 1. The standard InChI is InChI=1S/C22H30O4/c1-2-26-21(25)10-4-14-12-19-17(8-9-20(19)24)18-6-3-13-11-15(23)5-7-16(13)22(14)18/h5,7,11,14,17-20,22-24H,2-4,6,8-10,12H2,1H3/t14-,17?,18?,19?,20-,22?/m0/s1. The van der Waals surface area contributed by atoms with Crippen LogP contribution < -0.4 is 0 Å². The summed E-state index contributed by atoms with van der Waals surface area (Å²) in [5.41, 5.74) is 2.64. The first-order valence-electron chi connectivity index (χ1n) is 10.2. The number of ether oxygens (including phenoxy) is 1. The SMILES string of the molecule is CCOC(=O)CC[C@H]1CC2C(CC[C@@H]2O)C2CCc3cc(O)ccc3C21. The van der Waals surface area contributed by atoms with Gasteiger partial charge < -0.3 is 14.9 Å². The number of hydrogen-bond donors (Lipinski definition) is 2. The van der Waals surface area contributed by atoms with Gasteiger partial charge >= 0.3 is 5.97 Å². The molecule has 4 rings (SSSR count). The summed E-state index contributed by atoms with van der Waals surface area (Å²) in [6.07, 6.45) is 6.31. The predicted octanol–water partition coefficient (Wildman–Crippen LogP) is 3.79. The lowest BCUT2D eigenvalue weighted by Gasteiger charge is -2.49. The molecular formula is C22H30O4. The van der Waals surface area contributed by atoms with Gasteiger partial charge in [-0.2, -0.15) is 0 Å². The van der Waals surface area contributed by atoms with E-state index >= 15 is 0 Å². The Bertz CT molecular complexity index is 670. The Hall–Kier alpha value is -1.55. The summed E-state index contributed by atoms with van der Waals surface area (Å²) < 4.78 is 5.14. The molecule has 0 aliphatic heterocycles. The number of phenolic OH excluding ortho intramolecular Hbond substituents is 1. The molecule has 0 bridgehead atoms. The molecule has 3 aliphatic carbocycles. The fourth-order valence-corrected chi connectivity index (χ4v) is 6.22. The summed E-state index contributed by atoms with van der Waals surface area (Å²) in [6.45, 7) is 2.28. The van der Waals surface area contributed by atoms with Crippen LogP contribution in [0.4, 0.5) is 0 Å². The van der Waals surface area contributed by atoms with E-state index in [-0.39, 0.29) is 12.1 Å². The van der Waals surface area contributed by atoms with E-state index in [1.54, 1.807) is 6.07 Å². The zero-order valence-electron chi connectivity index (χ0n) is 15.6. The van der Waals surface area contributed by atoms with Crippen molar-refractivity contribution < 1.29 is 19.7 Å². The molecule has 6 atom stereocenters. The summed E-state index contributed by atoms with van der Waals surface area (Å²) >= 11 is 0. The number of aliphatic hydroxyl groups excluding tert-OH is 1. The molecule has 0 amide bonds. The lowest BCUT2D eigenvalue weighted by Crippen LogP contribution is -2.41. The minimum Gasteiger partial charge on any atom is -0.508 e. The first kappa shape index (κ1) is 17.8. The van der Waals surface area contributed by atoms with E-state index in [2.05, 4.69) is 6.07 Å². The highest BCUT2D eigenvalue weighted by atomic mass is 16.5. The van der Waals surface area contributed by atoms with Gasteiger partial charge in [-0.15, -0.1) is 0 Å². The predicted molar refractivity (Wildman–Crippen MR) is 98.9 cm³/mol. The van der Waals surface area contributed by atoms with Crippen molar-refractivity contribution in [1.82, 2.24) is 0 Å². The van der Waals surface area contributed by atoms with Crippen LogP contribution in [0.15, 0.2) is 18.2 Å². The third-order valence-corrected chi connectivity index (χ3v) is 7.19. The molecule has 2 saturated carbocycles. The van der Waals surface area contributed by atoms with Gasteiger partial charge in [0.05, 0.1) is 12.7 Å². The van der Waals surface area contributed by atoms with E-state index < -0.39 is 0 Å². The Balaban J connectivity index is 1.62. The average molecular weight is 358 g/mol. The number of phenols is 1. The van der Waals surface area contributed by atoms with Gasteiger partial charge in [0.15, 0.2) is 0 Å². The molecule has 0 radical (unpaired) electrons. The lowest BCUT2D eigenvalue weighted by atomic mass is 9.56. The molecule has 2 N–H and O–H groups in total. The Morgan fingerprint density at radius 2 is 2.04 bits per heavy atom. The van der Waals surface area contributed by atoms with Crippen LogP contribution in [0.3, 0.4) is 0 Å². The first-order valence-corrected chi connectivity index (χ1v) is 10.2. The Kier molecular flexibility index (Phi) is 4.96. The van der Waals surface area contributed by atoms with Crippen molar-refractivity contribution in [3.8, 4) is 5.75 Å². The van der Waals surface area contributed by atoms with Crippen molar-refractivity contribution in [2.75, 3.05) is 6.61 Å². The van der Waals surface area contributed by atoms with Crippen LogP contribution in [0.2, 0.25) is 0 Å². The van der Waals surface area contributed by atoms with Crippen LogP contribution in [0.1, 0.15) is 62.5 Å². The Morgan fingerprint density at radius 1 is 1.19 bits per heavy atom. The molecule has 2 fully saturated rings. The summed E-state index contributed by atoms with van der Waals surface area (Å²) in [4.78, 5) is 11.9. The van der Waals surface area contributed by atoms with E-state index in [4.69, 9.17) is 4.74 Å². The van der Waals surface area contributed by atoms with Gasteiger partial charge in [-0.05, 0) is 98.3 Å². The second-order valence-corrected chi connectivity index (χ2v) is 8.42. The maximum atomic E-state index is 11.9. The summed E-state index contributed by atoms with van der Waals surface area (Å²) in [6, 6.07) is 5.83. The maximum absolute atomic E-state index is 11.9. The van der Waals surface area contributed by atoms with Gasteiger partial charge in [0.1, 0.15) is 5.75 Å². The van der Waals surface area contributed by atoms with Gasteiger partial charge in [0.2, 0.25) is 0 Å². The van der Waals surface area contributed by atoms with E-state index in [9.17, 15) is 15.0 Å². The van der Waals surface area contributed by atoms with Crippen LogP contribution in [0.25, 0.3) is 0 Å². The van der Waals surface area contributed by atoms with Crippen molar-refractivity contribution >= 4 is 5.97 Å². The highest BCUT2D eigenvalue weighted by Crippen LogP contribution is 2.58. The smallest absolute Gasteiger partial charge is 0.305 e. The molecule has 1 aromatic carbocycles. The fourth-order valence-electron chi connectivity index (χ4n) is 6.22. The molecule has 0 spiro atoms. The largest absolute Gasteiger partial charge is 0.508 e. The third kappa shape index (κ3) is 3.13. The van der Waals surface area contributed by atoms with Crippen molar-refractivity contribution in [3.05, 3.63) is 29.3 Å². The monoisotopic (exact) mass is 358 g/mol. The van der Waals surface area contributed by atoms with E-state index in [1.807, 2.05) is 13.0 Å². The van der Waals surface area contributed by atoms with Crippen LogP contribution >= 0.6 is 0 Å². The summed E-state index contributed by atoms with van der Waals surface area (Å²) in [5.74, 6) is 2.67. The highest BCUT2D eigenvalue weighted by Gasteiger charge is 2.51. The highest BCUT2D eigenvalue weighted by molar-refractivity contribution is 5.69. The number of hydrogen-bond acceptors (Lipinski definition) is 4. The molecule has 0 heterocycles. The molecule has 142 valence electrons. The Morgan fingerprint density at radius 3 is 2.85 bits per heavy atom. The van der Waals surface area contributed by atoms with Crippen molar-refractivity contribution in [2.24, 2.45) is 23.7 Å². The number of benzene rings is 1. The van der Waals surface area contributed by atoms with Gasteiger partial charge in [-0.3, -0.25) is 4.79 Å². The van der Waals surface area contributed by atoms with Gasteiger partial charge in [0, 0.05) is 6.42 Å². The maximum Gasteiger partial charge on any atom is 0.305 e. The minimum absolute atomic E-state index is 0.111. The van der Waals surface area contributed by atoms with Crippen LogP contribution in [-0.2, 0) is 16.0 Å². The number of rotatable bonds is 4. The molecule has 4 heteroatoms. The molecule has 1 aromatic rings. The summed E-state index contributed by atoms with van der Waals surface area (Å²) in [5, 5.41) is 20.4.